The van der Waals surface area contributed by atoms with Gasteiger partial charge in [0.05, 0.1) is 6.10 Å². The number of rotatable bonds is 4. The van der Waals surface area contributed by atoms with Crippen LogP contribution in [0.3, 0.4) is 0 Å². The molecule has 0 unspecified atom stereocenters. The highest BCUT2D eigenvalue weighted by Gasteiger charge is 2.39. The van der Waals surface area contributed by atoms with Gasteiger partial charge in [0.15, 0.2) is 9.84 Å². The van der Waals surface area contributed by atoms with Crippen LogP contribution in [0.15, 0.2) is 0 Å². The van der Waals surface area contributed by atoms with E-state index in [1.54, 1.807) is 6.92 Å². The van der Waals surface area contributed by atoms with E-state index in [2.05, 4.69) is 0 Å². The van der Waals surface area contributed by atoms with Gasteiger partial charge in [-0.15, -0.1) is 0 Å². The van der Waals surface area contributed by atoms with Crippen LogP contribution < -0.4 is 0 Å². The van der Waals surface area contributed by atoms with Crippen LogP contribution in [0.4, 0.5) is 0 Å². The number of halogens is 1. The van der Waals surface area contributed by atoms with Gasteiger partial charge in [0.1, 0.15) is 3.26 Å². The molecule has 0 amide bonds. The molecule has 0 bridgehead atoms. The Morgan fingerprint density at radius 1 is 1.58 bits per heavy atom. The van der Waals surface area contributed by atoms with Gasteiger partial charge in [0.2, 0.25) is 0 Å². The smallest absolute Gasteiger partial charge is 0.164 e. The van der Waals surface area contributed by atoms with E-state index in [9.17, 15) is 13.5 Å². The van der Waals surface area contributed by atoms with Crippen LogP contribution in [0.1, 0.15) is 19.8 Å². The van der Waals surface area contributed by atoms with E-state index in [4.69, 9.17) is 0 Å². The van der Waals surface area contributed by atoms with E-state index >= 15 is 0 Å². The molecular weight excluding hydrogens is 291 g/mol. The number of alkyl halides is 1. The first-order valence-electron chi connectivity index (χ1n) is 4.02. The molecule has 1 N–H and O–H groups in total. The van der Waals surface area contributed by atoms with Crippen LogP contribution in [0.2, 0.25) is 0 Å². The molecule has 3 nitrogen and oxygen atoms in total. The molecular formula is C7H13IO3S. The number of sulfone groups is 1. The summed E-state index contributed by atoms with van der Waals surface area (Å²) in [7, 11) is -3.07. The summed E-state index contributed by atoms with van der Waals surface area (Å²) < 4.78 is 22.0. The Hall–Kier alpha value is 0.640. The molecule has 1 aliphatic carbocycles. The number of aliphatic hydroxyl groups is 1. The van der Waals surface area contributed by atoms with Gasteiger partial charge < -0.3 is 5.11 Å². The van der Waals surface area contributed by atoms with Crippen LogP contribution in [-0.2, 0) is 9.84 Å². The molecule has 1 aliphatic rings. The standard InChI is InChI=1S/C7H13IO3S/c1-2-12(10,11)7(8)6(9)5-3-4-5/h5-7,9H,2-4H2,1H3/t6-,7+/m0/s1. The molecule has 0 aromatic rings. The maximum atomic E-state index is 11.3. The molecule has 0 aromatic heterocycles. The van der Waals surface area contributed by atoms with Gasteiger partial charge in [-0.1, -0.05) is 29.5 Å². The van der Waals surface area contributed by atoms with E-state index < -0.39 is 19.2 Å². The van der Waals surface area contributed by atoms with Crippen molar-refractivity contribution in [2.45, 2.75) is 29.1 Å². The van der Waals surface area contributed by atoms with Gasteiger partial charge >= 0.3 is 0 Å². The molecule has 0 radical (unpaired) electrons. The van der Waals surface area contributed by atoms with Crippen molar-refractivity contribution in [3.05, 3.63) is 0 Å². The number of hydrogen-bond donors (Lipinski definition) is 1. The quantitative estimate of drug-likeness (QED) is 0.621. The zero-order chi connectivity index (χ0) is 9.35. The summed E-state index contributed by atoms with van der Waals surface area (Å²) in [5.74, 6) is 0.345. The van der Waals surface area contributed by atoms with Crippen LogP contribution >= 0.6 is 22.6 Å². The first-order chi connectivity index (χ1) is 5.49. The Kier molecular flexibility index (Phi) is 3.39. The summed E-state index contributed by atoms with van der Waals surface area (Å²) in [6, 6.07) is 0. The highest BCUT2D eigenvalue weighted by atomic mass is 127. The fraction of sp³-hybridized carbons (Fsp3) is 1.00. The van der Waals surface area contributed by atoms with Crippen LogP contribution in [0.25, 0.3) is 0 Å². The molecule has 1 rings (SSSR count). The molecule has 12 heavy (non-hydrogen) atoms. The van der Waals surface area contributed by atoms with Crippen molar-refractivity contribution < 1.29 is 13.5 Å². The van der Waals surface area contributed by atoms with Crippen molar-refractivity contribution >= 4 is 32.4 Å². The van der Waals surface area contributed by atoms with Gasteiger partial charge in [-0.3, -0.25) is 0 Å². The zero-order valence-electron chi connectivity index (χ0n) is 6.90. The molecule has 5 heteroatoms. The minimum Gasteiger partial charge on any atom is -0.391 e. The fourth-order valence-electron chi connectivity index (χ4n) is 1.02. The molecule has 0 heterocycles. The van der Waals surface area contributed by atoms with Crippen molar-refractivity contribution in [2.24, 2.45) is 5.92 Å². The summed E-state index contributed by atoms with van der Waals surface area (Å²) in [5, 5.41) is 9.54. The molecule has 2 atom stereocenters. The largest absolute Gasteiger partial charge is 0.391 e. The summed E-state index contributed by atoms with van der Waals surface area (Å²) >= 11 is 1.83. The summed E-state index contributed by atoms with van der Waals surface area (Å²) in [5.41, 5.74) is 0. The maximum absolute atomic E-state index is 11.3. The van der Waals surface area contributed by atoms with E-state index in [1.807, 2.05) is 22.6 Å². The van der Waals surface area contributed by atoms with Crippen molar-refractivity contribution in [3.8, 4) is 0 Å². The number of hydrogen-bond acceptors (Lipinski definition) is 3. The van der Waals surface area contributed by atoms with Crippen LogP contribution in [-0.4, -0.2) is 28.6 Å². The second-order valence-electron chi connectivity index (χ2n) is 3.13. The van der Waals surface area contributed by atoms with Gasteiger partial charge in [0, 0.05) is 5.75 Å². The summed E-state index contributed by atoms with van der Waals surface area (Å²) in [4.78, 5) is 0. The predicted molar refractivity (Wildman–Crippen MR) is 56.0 cm³/mol. The SMILES string of the molecule is CCS(=O)(=O)[C@@H](I)[C@@H](O)C1CC1. The predicted octanol–water partition coefficient (Wildman–Crippen LogP) is 0.953. The maximum Gasteiger partial charge on any atom is 0.164 e. The van der Waals surface area contributed by atoms with E-state index in [1.165, 1.54) is 0 Å². The summed E-state index contributed by atoms with van der Waals surface area (Å²) in [6.07, 6.45) is 1.29. The van der Waals surface area contributed by atoms with Crippen LogP contribution in [0.5, 0.6) is 0 Å². The lowest BCUT2D eigenvalue weighted by molar-refractivity contribution is 0.169. The minimum absolute atomic E-state index is 0.115. The lowest BCUT2D eigenvalue weighted by Crippen LogP contribution is -2.31. The molecule has 0 aromatic carbocycles. The lowest BCUT2D eigenvalue weighted by Gasteiger charge is -2.15. The fourth-order valence-corrected chi connectivity index (χ4v) is 3.65. The Morgan fingerprint density at radius 2 is 2.08 bits per heavy atom. The topological polar surface area (TPSA) is 54.4 Å². The van der Waals surface area contributed by atoms with E-state index in [-0.39, 0.29) is 11.7 Å². The molecule has 72 valence electrons. The van der Waals surface area contributed by atoms with Gasteiger partial charge in [-0.2, -0.15) is 0 Å². The normalized spacial score (nSPS) is 23.6. The third-order valence-electron chi connectivity index (χ3n) is 2.12. The Bertz CT molecular complexity index is 245. The number of aliphatic hydroxyl groups excluding tert-OH is 1. The molecule has 0 saturated heterocycles. The van der Waals surface area contributed by atoms with E-state index in [0.29, 0.717) is 0 Å². The molecule has 1 saturated carbocycles. The Balaban J connectivity index is 2.62. The molecule has 1 fully saturated rings. The van der Waals surface area contributed by atoms with E-state index in [0.717, 1.165) is 12.8 Å². The van der Waals surface area contributed by atoms with Crippen LogP contribution in [0, 0.1) is 5.92 Å². The average molecular weight is 304 g/mol. The third-order valence-corrected chi connectivity index (χ3v) is 6.95. The first kappa shape index (κ1) is 10.7. The average Bonchev–Trinajstić information content (AvgIpc) is 2.84. The van der Waals surface area contributed by atoms with Gasteiger partial charge in [-0.25, -0.2) is 8.42 Å². The van der Waals surface area contributed by atoms with Crippen molar-refractivity contribution in [1.29, 1.82) is 0 Å². The lowest BCUT2D eigenvalue weighted by atomic mass is 10.3. The van der Waals surface area contributed by atoms with Crippen molar-refractivity contribution in [1.82, 2.24) is 0 Å². The second kappa shape index (κ2) is 3.79. The monoisotopic (exact) mass is 304 g/mol. The van der Waals surface area contributed by atoms with Gasteiger partial charge in [0.25, 0.3) is 0 Å². The molecule has 0 spiro atoms. The highest BCUT2D eigenvalue weighted by molar-refractivity contribution is 14.1. The zero-order valence-corrected chi connectivity index (χ0v) is 9.88. The Labute approximate surface area is 86.6 Å². The van der Waals surface area contributed by atoms with Crippen molar-refractivity contribution in [3.63, 3.8) is 0 Å². The van der Waals surface area contributed by atoms with Crippen molar-refractivity contribution in [2.75, 3.05) is 5.75 Å². The van der Waals surface area contributed by atoms with Gasteiger partial charge in [-0.05, 0) is 18.8 Å². The molecule has 0 aliphatic heterocycles. The first-order valence-corrected chi connectivity index (χ1v) is 6.99. The summed E-state index contributed by atoms with van der Waals surface area (Å²) in [6.45, 7) is 1.61. The third kappa shape index (κ3) is 2.32. The second-order valence-corrected chi connectivity index (χ2v) is 7.73. The minimum atomic E-state index is -3.07. The Morgan fingerprint density at radius 3 is 2.42 bits per heavy atom. The highest BCUT2D eigenvalue weighted by Crippen LogP contribution is 2.37.